The first-order valence-electron chi connectivity index (χ1n) is 8.86. The van der Waals surface area contributed by atoms with Crippen molar-refractivity contribution in [3.05, 3.63) is 29.3 Å². The van der Waals surface area contributed by atoms with Crippen molar-refractivity contribution in [3.63, 3.8) is 0 Å². The molecule has 25 heavy (non-hydrogen) atoms. The maximum Gasteiger partial charge on any atom is 0.409 e. The maximum atomic E-state index is 11.6. The van der Waals surface area contributed by atoms with E-state index in [1.807, 2.05) is 13.1 Å². The van der Waals surface area contributed by atoms with Crippen LogP contribution in [-0.4, -0.2) is 51.6 Å². The van der Waals surface area contributed by atoms with Gasteiger partial charge in [0.2, 0.25) is 5.78 Å². The lowest BCUT2D eigenvalue weighted by molar-refractivity contribution is 0.101. The smallest absolute Gasteiger partial charge is 0.409 e. The molecular weight excluding hydrogens is 318 g/mol. The average molecular weight is 345 g/mol. The minimum atomic E-state index is -0.219. The number of imidazole rings is 1. The van der Waals surface area contributed by atoms with Gasteiger partial charge in [0.1, 0.15) is 0 Å². The van der Waals surface area contributed by atoms with Gasteiger partial charge in [0.05, 0.1) is 19.0 Å². The lowest BCUT2D eigenvalue weighted by Gasteiger charge is -2.34. The quantitative estimate of drug-likeness (QED) is 0.921. The topological polar surface area (TPSA) is 71.8 Å². The molecule has 1 N–H and O–H groups in total. The van der Waals surface area contributed by atoms with E-state index in [0.717, 1.165) is 55.3 Å². The summed E-state index contributed by atoms with van der Waals surface area (Å²) in [6, 6.07) is 2.45. The van der Waals surface area contributed by atoms with Gasteiger partial charge in [-0.05, 0) is 45.6 Å². The van der Waals surface area contributed by atoms with Crippen LogP contribution < -0.4 is 5.32 Å². The van der Waals surface area contributed by atoms with Gasteiger partial charge in [-0.3, -0.25) is 4.40 Å². The fourth-order valence-electron chi connectivity index (χ4n) is 3.66. The summed E-state index contributed by atoms with van der Waals surface area (Å²) in [5, 5.41) is 3.62. The highest BCUT2D eigenvalue weighted by Crippen LogP contribution is 2.21. The van der Waals surface area contributed by atoms with E-state index >= 15 is 0 Å². The number of fused-ring (bicyclic) bond motifs is 1. The van der Waals surface area contributed by atoms with Gasteiger partial charge in [0.25, 0.3) is 0 Å². The van der Waals surface area contributed by atoms with Crippen LogP contribution in [0.3, 0.4) is 0 Å². The molecular formula is C18H27N5O2. The Kier molecular flexibility index (Phi) is 5.22. The second-order valence-corrected chi connectivity index (χ2v) is 6.89. The molecule has 0 spiro atoms. The zero-order valence-corrected chi connectivity index (χ0v) is 15.5. The highest BCUT2D eigenvalue weighted by atomic mass is 16.5. The number of aryl methyl sites for hydroxylation is 2. The summed E-state index contributed by atoms with van der Waals surface area (Å²) in [7, 11) is 1.44. The van der Waals surface area contributed by atoms with Crippen molar-refractivity contribution in [1.82, 2.24) is 24.6 Å². The van der Waals surface area contributed by atoms with E-state index in [-0.39, 0.29) is 6.09 Å². The molecule has 0 saturated carbocycles. The van der Waals surface area contributed by atoms with Crippen LogP contribution in [0.5, 0.6) is 0 Å². The van der Waals surface area contributed by atoms with Gasteiger partial charge in [-0.1, -0.05) is 0 Å². The maximum absolute atomic E-state index is 11.6. The van der Waals surface area contributed by atoms with E-state index in [4.69, 9.17) is 4.74 Å². The molecule has 0 aromatic carbocycles. The monoisotopic (exact) mass is 345 g/mol. The summed E-state index contributed by atoms with van der Waals surface area (Å²) in [5.74, 6) is 1.31. The Morgan fingerprint density at radius 3 is 2.80 bits per heavy atom. The van der Waals surface area contributed by atoms with Gasteiger partial charge in [-0.15, -0.1) is 0 Å². The molecule has 136 valence electrons. The fourth-order valence-corrected chi connectivity index (χ4v) is 3.66. The Hall–Kier alpha value is -2.15. The number of hydrogen-bond acceptors (Lipinski definition) is 5. The Balaban J connectivity index is 1.58. The third-order valence-electron chi connectivity index (χ3n) is 5.15. The third-order valence-corrected chi connectivity index (χ3v) is 5.15. The molecule has 3 rings (SSSR count). The number of hydrogen-bond donors (Lipinski definition) is 1. The molecule has 2 aromatic rings. The number of likely N-dealkylation sites (tertiary alicyclic amines) is 1. The Morgan fingerprint density at radius 1 is 1.40 bits per heavy atom. The lowest BCUT2D eigenvalue weighted by atomic mass is 9.90. The molecule has 1 amide bonds. The normalized spacial score (nSPS) is 17.0. The van der Waals surface area contributed by atoms with E-state index in [0.29, 0.717) is 12.0 Å². The number of piperidine rings is 1. The van der Waals surface area contributed by atoms with Crippen molar-refractivity contribution in [2.75, 3.05) is 20.2 Å². The molecule has 1 aliphatic heterocycles. The number of amides is 1. The lowest BCUT2D eigenvalue weighted by Crippen LogP contribution is -2.44. The zero-order valence-electron chi connectivity index (χ0n) is 15.5. The van der Waals surface area contributed by atoms with E-state index in [1.54, 1.807) is 4.90 Å². The number of aromatic nitrogens is 3. The standard InChI is InChI=1S/C18H27N5O2/c1-12-9-13(2)23-16(11-20-17(23)21-12)10-19-14(3)15-5-7-22(8-6-15)18(24)25-4/h9,11,14-15,19H,5-8,10H2,1-4H3. The number of nitrogens with one attached hydrogen (secondary N) is 1. The summed E-state index contributed by atoms with van der Waals surface area (Å²) in [5.41, 5.74) is 3.26. The van der Waals surface area contributed by atoms with Crippen molar-refractivity contribution in [2.24, 2.45) is 5.92 Å². The molecule has 1 aliphatic rings. The van der Waals surface area contributed by atoms with E-state index in [9.17, 15) is 4.79 Å². The number of nitrogens with zero attached hydrogens (tertiary/aromatic N) is 4. The molecule has 0 aliphatic carbocycles. The molecule has 0 bridgehead atoms. The van der Waals surface area contributed by atoms with Crippen LogP contribution in [0.4, 0.5) is 4.79 Å². The summed E-state index contributed by atoms with van der Waals surface area (Å²) < 4.78 is 6.90. The van der Waals surface area contributed by atoms with Crippen LogP contribution in [0.1, 0.15) is 36.8 Å². The number of methoxy groups -OCH3 is 1. The highest BCUT2D eigenvalue weighted by Gasteiger charge is 2.26. The van der Waals surface area contributed by atoms with Crippen molar-refractivity contribution < 1.29 is 9.53 Å². The van der Waals surface area contributed by atoms with Crippen LogP contribution in [-0.2, 0) is 11.3 Å². The molecule has 7 heteroatoms. The first-order chi connectivity index (χ1) is 12.0. The first-order valence-corrected chi connectivity index (χ1v) is 8.86. The number of carbonyl (C=O) groups excluding carboxylic acids is 1. The molecule has 1 saturated heterocycles. The third kappa shape index (κ3) is 3.76. The number of carbonyl (C=O) groups is 1. The average Bonchev–Trinajstić information content (AvgIpc) is 3.02. The van der Waals surface area contributed by atoms with Crippen molar-refractivity contribution in [3.8, 4) is 0 Å². The fraction of sp³-hybridized carbons (Fsp3) is 0.611. The Labute approximate surface area is 148 Å². The van der Waals surface area contributed by atoms with Gasteiger partial charge in [-0.25, -0.2) is 14.8 Å². The van der Waals surface area contributed by atoms with Gasteiger partial charge in [0.15, 0.2) is 0 Å². The van der Waals surface area contributed by atoms with Gasteiger partial charge in [0, 0.05) is 37.1 Å². The van der Waals surface area contributed by atoms with Gasteiger partial charge in [-0.2, -0.15) is 0 Å². The molecule has 1 fully saturated rings. The molecule has 2 aromatic heterocycles. The summed E-state index contributed by atoms with van der Waals surface area (Å²) in [6.45, 7) is 8.58. The van der Waals surface area contributed by atoms with Crippen molar-refractivity contribution >= 4 is 11.9 Å². The molecule has 1 unspecified atom stereocenters. The van der Waals surface area contributed by atoms with Crippen LogP contribution in [0.2, 0.25) is 0 Å². The largest absolute Gasteiger partial charge is 0.453 e. The van der Waals surface area contributed by atoms with Crippen LogP contribution in [0, 0.1) is 19.8 Å². The van der Waals surface area contributed by atoms with Gasteiger partial charge >= 0.3 is 6.09 Å². The summed E-state index contributed by atoms with van der Waals surface area (Å²) in [6.07, 6.45) is 3.67. The minimum Gasteiger partial charge on any atom is -0.453 e. The summed E-state index contributed by atoms with van der Waals surface area (Å²) >= 11 is 0. The van der Waals surface area contributed by atoms with Crippen molar-refractivity contribution in [1.29, 1.82) is 0 Å². The second-order valence-electron chi connectivity index (χ2n) is 6.89. The van der Waals surface area contributed by atoms with E-state index < -0.39 is 0 Å². The Morgan fingerprint density at radius 2 is 2.12 bits per heavy atom. The summed E-state index contributed by atoms with van der Waals surface area (Å²) in [4.78, 5) is 22.3. The molecule has 7 nitrogen and oxygen atoms in total. The Bertz CT molecular complexity index is 749. The minimum absolute atomic E-state index is 0.219. The van der Waals surface area contributed by atoms with Crippen LogP contribution in [0.15, 0.2) is 12.3 Å². The van der Waals surface area contributed by atoms with Gasteiger partial charge < -0.3 is 15.0 Å². The van der Waals surface area contributed by atoms with Crippen molar-refractivity contribution in [2.45, 2.75) is 46.2 Å². The highest BCUT2D eigenvalue weighted by molar-refractivity contribution is 5.67. The predicted octanol–water partition coefficient (Wildman–Crippen LogP) is 2.30. The van der Waals surface area contributed by atoms with E-state index in [1.165, 1.54) is 7.11 Å². The van der Waals surface area contributed by atoms with Crippen LogP contribution >= 0.6 is 0 Å². The molecule has 1 atom stereocenters. The second kappa shape index (κ2) is 7.39. The first kappa shape index (κ1) is 17.7. The SMILES string of the molecule is COC(=O)N1CCC(C(C)NCc2cnc3nc(C)cc(C)n23)CC1. The predicted molar refractivity (Wildman–Crippen MR) is 95.5 cm³/mol. The molecule has 3 heterocycles. The van der Waals surface area contributed by atoms with E-state index in [2.05, 4.69) is 39.6 Å². The zero-order chi connectivity index (χ0) is 18.0. The number of ether oxygens (including phenoxy) is 1. The van der Waals surface area contributed by atoms with Crippen LogP contribution in [0.25, 0.3) is 5.78 Å². The molecule has 0 radical (unpaired) electrons. The number of rotatable bonds is 4.